The summed E-state index contributed by atoms with van der Waals surface area (Å²) in [6.45, 7) is 10.2. The van der Waals surface area contributed by atoms with Crippen molar-refractivity contribution in [2.24, 2.45) is 12.0 Å². The zero-order chi connectivity index (χ0) is 22.1. The van der Waals surface area contributed by atoms with Crippen LogP contribution in [0.3, 0.4) is 0 Å². The molecule has 2 N–H and O–H groups in total. The van der Waals surface area contributed by atoms with Crippen LogP contribution in [-0.4, -0.2) is 65.0 Å². The van der Waals surface area contributed by atoms with Crippen molar-refractivity contribution in [2.75, 3.05) is 33.3 Å². The first-order valence-corrected chi connectivity index (χ1v) is 10.9. The Morgan fingerprint density at radius 1 is 1.25 bits per heavy atom. The van der Waals surface area contributed by atoms with E-state index in [4.69, 9.17) is 9.73 Å². The predicted octanol–water partition coefficient (Wildman–Crippen LogP) is 2.68. The monoisotopic (exact) mass is 553 g/mol. The van der Waals surface area contributed by atoms with Crippen molar-refractivity contribution in [3.8, 4) is 5.75 Å². The number of aromatic nitrogens is 3. The second-order valence-electron chi connectivity index (χ2n) is 7.92. The number of guanidine groups is 1. The van der Waals surface area contributed by atoms with E-state index in [1.54, 1.807) is 7.11 Å². The molecule has 0 unspecified atom stereocenters. The lowest BCUT2D eigenvalue weighted by molar-refractivity contribution is 0.225. The van der Waals surface area contributed by atoms with Gasteiger partial charge in [0.05, 0.1) is 7.11 Å². The third kappa shape index (κ3) is 7.77. The van der Waals surface area contributed by atoms with Crippen LogP contribution in [0.2, 0.25) is 0 Å². The summed E-state index contributed by atoms with van der Waals surface area (Å²) in [5, 5.41) is 15.5. The highest BCUT2D eigenvalue weighted by molar-refractivity contribution is 14.0. The van der Waals surface area contributed by atoms with Crippen LogP contribution in [0.4, 0.5) is 0 Å². The molecule has 0 radical (unpaired) electrons. The van der Waals surface area contributed by atoms with E-state index in [0.717, 1.165) is 68.8 Å². The van der Waals surface area contributed by atoms with Gasteiger partial charge in [-0.3, -0.25) is 4.90 Å². The van der Waals surface area contributed by atoms with Gasteiger partial charge in [-0.1, -0.05) is 18.2 Å². The van der Waals surface area contributed by atoms with Crippen LogP contribution in [0, 0.1) is 6.92 Å². The number of methoxy groups -OCH3 is 1. The average Bonchev–Trinajstić information content (AvgIpc) is 3.11. The zero-order valence-electron chi connectivity index (χ0n) is 19.4. The van der Waals surface area contributed by atoms with E-state index in [9.17, 15) is 0 Å². The topological polar surface area (TPSA) is 79.6 Å². The third-order valence-corrected chi connectivity index (χ3v) is 5.74. The molecular weight excluding hydrogens is 517 g/mol. The Morgan fingerprint density at radius 2 is 1.97 bits per heavy atom. The van der Waals surface area contributed by atoms with Gasteiger partial charge in [-0.25, -0.2) is 4.99 Å². The van der Waals surface area contributed by atoms with Gasteiger partial charge in [0.1, 0.15) is 18.1 Å². The van der Waals surface area contributed by atoms with Crippen molar-refractivity contribution in [3.05, 3.63) is 54.1 Å². The van der Waals surface area contributed by atoms with Gasteiger partial charge in [-0.15, -0.1) is 40.8 Å². The summed E-state index contributed by atoms with van der Waals surface area (Å²) in [7, 11) is 3.66. The maximum Gasteiger partial charge on any atom is 0.191 e. The largest absolute Gasteiger partial charge is 0.497 e. The van der Waals surface area contributed by atoms with Crippen molar-refractivity contribution in [2.45, 2.75) is 38.8 Å². The van der Waals surface area contributed by atoms with Gasteiger partial charge >= 0.3 is 0 Å². The molecule has 0 spiro atoms. The molecule has 8 nitrogen and oxygen atoms in total. The molecule has 2 aromatic rings. The van der Waals surface area contributed by atoms with E-state index in [2.05, 4.69) is 44.4 Å². The van der Waals surface area contributed by atoms with E-state index in [0.29, 0.717) is 12.6 Å². The fourth-order valence-corrected chi connectivity index (χ4v) is 3.64. The van der Waals surface area contributed by atoms with Crippen LogP contribution >= 0.6 is 24.0 Å². The molecule has 0 amide bonds. The molecule has 0 saturated carbocycles. The van der Waals surface area contributed by atoms with Crippen LogP contribution in [0.1, 0.15) is 30.1 Å². The first-order valence-electron chi connectivity index (χ1n) is 10.9. The molecule has 9 heteroatoms. The molecule has 1 aliphatic rings. The number of rotatable bonds is 9. The number of nitrogens with zero attached hydrogens (tertiary/aromatic N) is 5. The molecule has 0 bridgehead atoms. The van der Waals surface area contributed by atoms with Crippen molar-refractivity contribution in [1.82, 2.24) is 30.3 Å². The van der Waals surface area contributed by atoms with Crippen molar-refractivity contribution >= 4 is 29.9 Å². The summed E-state index contributed by atoms with van der Waals surface area (Å²) in [6.07, 6.45) is 5.07. The lowest BCUT2D eigenvalue weighted by Crippen LogP contribution is -2.49. The molecule has 1 saturated heterocycles. The van der Waals surface area contributed by atoms with Gasteiger partial charge < -0.3 is 19.9 Å². The quantitative estimate of drug-likeness (QED) is 0.215. The van der Waals surface area contributed by atoms with E-state index in [1.165, 1.54) is 5.56 Å². The van der Waals surface area contributed by atoms with Crippen molar-refractivity contribution in [3.63, 3.8) is 0 Å². The van der Waals surface area contributed by atoms with Gasteiger partial charge in [-0.05, 0) is 43.9 Å². The van der Waals surface area contributed by atoms with Crippen LogP contribution in [0.5, 0.6) is 5.75 Å². The molecule has 0 atom stereocenters. The third-order valence-electron chi connectivity index (χ3n) is 5.74. The fraction of sp³-hybridized carbons (Fsp3) is 0.522. The maximum absolute atomic E-state index is 5.24. The molecule has 1 aromatic carbocycles. The maximum atomic E-state index is 5.24. The summed E-state index contributed by atoms with van der Waals surface area (Å²) in [5.41, 5.74) is 1.26. The fourth-order valence-electron chi connectivity index (χ4n) is 3.64. The summed E-state index contributed by atoms with van der Waals surface area (Å²) in [6, 6.07) is 8.60. The molecule has 176 valence electrons. The number of benzene rings is 1. The van der Waals surface area contributed by atoms with Gasteiger partial charge in [0.15, 0.2) is 11.8 Å². The number of likely N-dealkylation sites (tertiary alicyclic amines) is 1. The average molecular weight is 553 g/mol. The molecule has 32 heavy (non-hydrogen) atoms. The van der Waals surface area contributed by atoms with Crippen LogP contribution in [-0.2, 0) is 20.0 Å². The minimum atomic E-state index is 0. The Morgan fingerprint density at radius 3 is 2.56 bits per heavy atom. The number of aliphatic imine (C=N–C) groups is 1. The van der Waals surface area contributed by atoms with E-state index < -0.39 is 0 Å². The number of aryl methyl sites for hydroxylation is 1. The smallest absolute Gasteiger partial charge is 0.191 e. The Labute approximate surface area is 208 Å². The highest BCUT2D eigenvalue weighted by Crippen LogP contribution is 2.12. The van der Waals surface area contributed by atoms with E-state index in [1.807, 2.05) is 36.7 Å². The number of ether oxygens (including phenoxy) is 1. The lowest BCUT2D eigenvalue weighted by Gasteiger charge is -2.32. The van der Waals surface area contributed by atoms with E-state index in [-0.39, 0.29) is 24.0 Å². The van der Waals surface area contributed by atoms with Crippen LogP contribution in [0.25, 0.3) is 0 Å². The first-order chi connectivity index (χ1) is 15.1. The molecular formula is C23H36IN7O. The van der Waals surface area contributed by atoms with Crippen molar-refractivity contribution < 1.29 is 4.74 Å². The van der Waals surface area contributed by atoms with Gasteiger partial charge in [-0.2, -0.15) is 0 Å². The number of halogens is 1. The van der Waals surface area contributed by atoms with Crippen LogP contribution < -0.4 is 15.4 Å². The Balaban J connectivity index is 0.00000363. The van der Waals surface area contributed by atoms with Gasteiger partial charge in [0.2, 0.25) is 0 Å². The normalized spacial score (nSPS) is 15.2. The van der Waals surface area contributed by atoms with Crippen LogP contribution in [0.15, 0.2) is 41.9 Å². The van der Waals surface area contributed by atoms with Crippen molar-refractivity contribution in [1.29, 1.82) is 0 Å². The minimum absolute atomic E-state index is 0. The number of hydrogen-bond acceptors (Lipinski definition) is 5. The number of piperidine rings is 1. The summed E-state index contributed by atoms with van der Waals surface area (Å²) in [4.78, 5) is 7.23. The Hall–Kier alpha value is -2.14. The summed E-state index contributed by atoms with van der Waals surface area (Å²) >= 11 is 0. The molecule has 1 fully saturated rings. The Bertz CT molecular complexity index is 858. The highest BCUT2D eigenvalue weighted by Gasteiger charge is 2.19. The minimum Gasteiger partial charge on any atom is -0.497 e. The molecule has 1 aliphatic heterocycles. The number of hydrogen-bond donors (Lipinski definition) is 2. The molecule has 1 aromatic heterocycles. The standard InChI is InChI=1S/C23H35N7O.HI/c1-5-14-30-15-11-20(12-16-30)26-23(25-17-22-28-27-18(2)29(22)3)24-13-10-19-6-8-21(31-4)9-7-19;/h5-9,20H,1,10-17H2,2-4H3,(H2,24,25,26);1H. The van der Waals surface area contributed by atoms with Gasteiger partial charge in [0, 0.05) is 39.3 Å². The van der Waals surface area contributed by atoms with Gasteiger partial charge in [0.25, 0.3) is 0 Å². The molecule has 2 heterocycles. The summed E-state index contributed by atoms with van der Waals surface area (Å²) in [5.74, 6) is 3.45. The summed E-state index contributed by atoms with van der Waals surface area (Å²) < 4.78 is 7.22. The number of nitrogens with one attached hydrogen (secondary N) is 2. The molecule has 3 rings (SSSR count). The molecule has 0 aliphatic carbocycles. The highest BCUT2D eigenvalue weighted by atomic mass is 127. The predicted molar refractivity (Wildman–Crippen MR) is 140 cm³/mol. The Kier molecular flexibility index (Phi) is 10.9. The lowest BCUT2D eigenvalue weighted by atomic mass is 10.1. The zero-order valence-corrected chi connectivity index (χ0v) is 21.7. The SMILES string of the molecule is C=CCN1CCC(NC(=NCc2nnc(C)n2C)NCCc2ccc(OC)cc2)CC1.I. The van der Waals surface area contributed by atoms with E-state index >= 15 is 0 Å². The second-order valence-corrected chi connectivity index (χ2v) is 7.92. The first kappa shape index (κ1) is 26.1. The second kappa shape index (κ2) is 13.4.